The molecule has 15 heavy (non-hydrogen) atoms. The van der Waals surface area contributed by atoms with E-state index in [1.807, 2.05) is 30.7 Å². The molecule has 0 radical (unpaired) electrons. The molecule has 2 aromatic rings. The fourth-order valence-electron chi connectivity index (χ4n) is 1.50. The number of imidazole rings is 1. The second-order valence-electron chi connectivity index (χ2n) is 3.20. The molecule has 2 rings (SSSR count). The highest BCUT2D eigenvalue weighted by molar-refractivity contribution is 5.78. The summed E-state index contributed by atoms with van der Waals surface area (Å²) in [6, 6.07) is 8.09. The van der Waals surface area contributed by atoms with E-state index in [1.165, 1.54) is 0 Å². The summed E-state index contributed by atoms with van der Waals surface area (Å²) >= 11 is 0. The van der Waals surface area contributed by atoms with Crippen molar-refractivity contribution in [2.24, 2.45) is 7.05 Å². The number of hydrogen-bond donors (Lipinski definition) is 0. The van der Waals surface area contributed by atoms with Crippen molar-refractivity contribution >= 4 is 11.0 Å². The van der Waals surface area contributed by atoms with Crippen LogP contribution in [0.4, 0.5) is 0 Å². The van der Waals surface area contributed by atoms with Gasteiger partial charge in [-0.1, -0.05) is 0 Å². The van der Waals surface area contributed by atoms with Crippen molar-refractivity contribution in [3.8, 4) is 12.1 Å². The maximum Gasteiger partial charge on any atom is 0.297 e. The van der Waals surface area contributed by atoms with E-state index in [-0.39, 0.29) is 0 Å². The van der Waals surface area contributed by atoms with Crippen LogP contribution in [0.2, 0.25) is 0 Å². The van der Waals surface area contributed by atoms with Gasteiger partial charge in [0, 0.05) is 7.05 Å². The summed E-state index contributed by atoms with van der Waals surface area (Å²) in [6.07, 6.45) is 0. The van der Waals surface area contributed by atoms with Gasteiger partial charge in [0.2, 0.25) is 0 Å². The van der Waals surface area contributed by atoms with Crippen molar-refractivity contribution in [2.45, 2.75) is 6.92 Å². The lowest BCUT2D eigenvalue weighted by molar-refractivity contribution is 0.304. The third-order valence-corrected chi connectivity index (χ3v) is 2.24. The molecule has 4 heteroatoms. The van der Waals surface area contributed by atoms with Crippen LogP contribution in [0.25, 0.3) is 11.0 Å². The van der Waals surface area contributed by atoms with Gasteiger partial charge in [-0.3, -0.25) is 4.57 Å². The molecule has 4 nitrogen and oxygen atoms in total. The van der Waals surface area contributed by atoms with E-state index in [2.05, 4.69) is 11.1 Å². The Morgan fingerprint density at radius 1 is 1.53 bits per heavy atom. The number of benzene rings is 1. The van der Waals surface area contributed by atoms with Crippen molar-refractivity contribution in [3.63, 3.8) is 0 Å². The molecule has 0 spiro atoms. The minimum atomic E-state index is 0.586. The number of aromatic nitrogens is 2. The van der Waals surface area contributed by atoms with Crippen molar-refractivity contribution < 1.29 is 4.74 Å². The van der Waals surface area contributed by atoms with E-state index in [4.69, 9.17) is 10.00 Å². The molecule has 0 fully saturated rings. The average molecular weight is 201 g/mol. The van der Waals surface area contributed by atoms with Crippen LogP contribution in [0.3, 0.4) is 0 Å². The Morgan fingerprint density at radius 2 is 2.33 bits per heavy atom. The monoisotopic (exact) mass is 201 g/mol. The van der Waals surface area contributed by atoms with Gasteiger partial charge in [-0.15, -0.1) is 0 Å². The third kappa shape index (κ3) is 1.52. The number of aryl methyl sites for hydroxylation is 1. The summed E-state index contributed by atoms with van der Waals surface area (Å²) in [7, 11) is 1.88. The van der Waals surface area contributed by atoms with Crippen molar-refractivity contribution in [2.75, 3.05) is 6.61 Å². The molecule has 1 aromatic carbocycles. The SMILES string of the molecule is CCOc1nc2ccc(C#N)cc2n1C. The zero-order chi connectivity index (χ0) is 10.8. The zero-order valence-electron chi connectivity index (χ0n) is 8.69. The molecule has 0 saturated carbocycles. The molecule has 0 aliphatic heterocycles. The molecule has 1 aromatic heterocycles. The van der Waals surface area contributed by atoms with Crippen LogP contribution < -0.4 is 4.74 Å². The maximum atomic E-state index is 8.79. The first-order valence-corrected chi connectivity index (χ1v) is 4.75. The van der Waals surface area contributed by atoms with Gasteiger partial charge in [0.15, 0.2) is 0 Å². The molecule has 0 amide bonds. The Bertz CT molecular complexity index is 536. The van der Waals surface area contributed by atoms with Crippen molar-refractivity contribution in [1.29, 1.82) is 5.26 Å². The Hall–Kier alpha value is -2.02. The highest BCUT2D eigenvalue weighted by Crippen LogP contribution is 2.20. The van der Waals surface area contributed by atoms with Gasteiger partial charge in [-0.05, 0) is 25.1 Å². The van der Waals surface area contributed by atoms with Gasteiger partial charge < -0.3 is 4.74 Å². The van der Waals surface area contributed by atoms with Crippen LogP contribution in [0.5, 0.6) is 6.01 Å². The van der Waals surface area contributed by atoms with E-state index in [1.54, 1.807) is 6.07 Å². The number of fused-ring (bicyclic) bond motifs is 1. The van der Waals surface area contributed by atoms with Gasteiger partial charge in [0.25, 0.3) is 6.01 Å². The summed E-state index contributed by atoms with van der Waals surface area (Å²) in [5, 5.41) is 8.79. The second kappa shape index (κ2) is 3.62. The predicted octanol–water partition coefficient (Wildman–Crippen LogP) is 1.84. The molecule has 1 heterocycles. The summed E-state index contributed by atoms with van der Waals surface area (Å²) in [6.45, 7) is 2.50. The molecule has 0 unspecified atom stereocenters. The summed E-state index contributed by atoms with van der Waals surface area (Å²) in [4.78, 5) is 4.31. The van der Waals surface area contributed by atoms with E-state index in [0.717, 1.165) is 11.0 Å². The molecule has 0 bridgehead atoms. The van der Waals surface area contributed by atoms with Crippen LogP contribution >= 0.6 is 0 Å². The quantitative estimate of drug-likeness (QED) is 0.745. The number of nitriles is 1. The summed E-state index contributed by atoms with van der Waals surface area (Å²) < 4.78 is 7.21. The summed E-state index contributed by atoms with van der Waals surface area (Å²) in [5.74, 6) is 0. The van der Waals surface area contributed by atoms with Crippen LogP contribution in [-0.2, 0) is 7.05 Å². The van der Waals surface area contributed by atoms with Gasteiger partial charge in [0.05, 0.1) is 29.3 Å². The van der Waals surface area contributed by atoms with E-state index in [0.29, 0.717) is 18.2 Å². The van der Waals surface area contributed by atoms with E-state index < -0.39 is 0 Å². The molecule has 0 saturated heterocycles. The minimum Gasteiger partial charge on any atom is -0.465 e. The first-order chi connectivity index (χ1) is 7.26. The maximum absolute atomic E-state index is 8.79. The molecular weight excluding hydrogens is 190 g/mol. The van der Waals surface area contributed by atoms with Gasteiger partial charge in [-0.25, -0.2) is 0 Å². The topological polar surface area (TPSA) is 50.8 Å². The van der Waals surface area contributed by atoms with Gasteiger partial charge in [0.1, 0.15) is 0 Å². The van der Waals surface area contributed by atoms with Gasteiger partial charge >= 0.3 is 0 Å². The van der Waals surface area contributed by atoms with E-state index >= 15 is 0 Å². The number of rotatable bonds is 2. The molecular formula is C11H11N3O. The first kappa shape index (κ1) is 9.53. The number of nitrogens with zero attached hydrogens (tertiary/aromatic N) is 3. The van der Waals surface area contributed by atoms with Crippen LogP contribution in [0.15, 0.2) is 18.2 Å². The van der Waals surface area contributed by atoms with Crippen LogP contribution in [-0.4, -0.2) is 16.2 Å². The third-order valence-electron chi connectivity index (χ3n) is 2.24. The lowest BCUT2D eigenvalue weighted by Crippen LogP contribution is -1.98. The number of ether oxygens (including phenoxy) is 1. The highest BCUT2D eigenvalue weighted by Gasteiger charge is 2.08. The Balaban J connectivity index is 2.62. The van der Waals surface area contributed by atoms with Crippen LogP contribution in [0, 0.1) is 11.3 Å². The number of hydrogen-bond acceptors (Lipinski definition) is 3. The van der Waals surface area contributed by atoms with Crippen LogP contribution in [0.1, 0.15) is 12.5 Å². The summed E-state index contributed by atoms with van der Waals surface area (Å²) in [5.41, 5.74) is 2.39. The molecule has 76 valence electrons. The normalized spacial score (nSPS) is 10.2. The molecule has 0 aliphatic carbocycles. The largest absolute Gasteiger partial charge is 0.465 e. The first-order valence-electron chi connectivity index (χ1n) is 4.75. The fourth-order valence-corrected chi connectivity index (χ4v) is 1.50. The lowest BCUT2D eigenvalue weighted by atomic mass is 10.2. The lowest BCUT2D eigenvalue weighted by Gasteiger charge is -2.01. The highest BCUT2D eigenvalue weighted by atomic mass is 16.5. The second-order valence-corrected chi connectivity index (χ2v) is 3.20. The van der Waals surface area contributed by atoms with Gasteiger partial charge in [-0.2, -0.15) is 10.2 Å². The zero-order valence-corrected chi connectivity index (χ0v) is 8.69. The van der Waals surface area contributed by atoms with Crippen molar-refractivity contribution in [3.05, 3.63) is 23.8 Å². The fraction of sp³-hybridized carbons (Fsp3) is 0.273. The standard InChI is InChI=1S/C11H11N3O/c1-3-15-11-13-9-5-4-8(7-12)6-10(9)14(11)2/h4-6H,3H2,1-2H3. The molecule has 0 N–H and O–H groups in total. The smallest absolute Gasteiger partial charge is 0.297 e. The minimum absolute atomic E-state index is 0.586. The van der Waals surface area contributed by atoms with E-state index in [9.17, 15) is 0 Å². The Kier molecular flexibility index (Phi) is 2.30. The Morgan fingerprint density at radius 3 is 3.00 bits per heavy atom. The molecule has 0 aliphatic rings. The molecule has 0 atom stereocenters. The Labute approximate surface area is 87.7 Å². The predicted molar refractivity (Wildman–Crippen MR) is 56.6 cm³/mol. The average Bonchev–Trinajstić information content (AvgIpc) is 2.56. The van der Waals surface area contributed by atoms with Crippen molar-refractivity contribution in [1.82, 2.24) is 9.55 Å².